The van der Waals surface area contributed by atoms with Crippen LogP contribution < -0.4 is 5.32 Å². The number of hydrogen-bond donors (Lipinski definition) is 1. The maximum absolute atomic E-state index is 12.2. The predicted molar refractivity (Wildman–Crippen MR) is 93.9 cm³/mol. The van der Waals surface area contributed by atoms with Crippen molar-refractivity contribution in [3.63, 3.8) is 0 Å². The summed E-state index contributed by atoms with van der Waals surface area (Å²) in [4.78, 5) is 16.2. The van der Waals surface area contributed by atoms with E-state index in [2.05, 4.69) is 22.3 Å². The molecule has 0 radical (unpaired) electrons. The molecule has 0 unspecified atom stereocenters. The molecule has 24 heavy (non-hydrogen) atoms. The second-order valence-corrected chi connectivity index (χ2v) is 5.57. The highest BCUT2D eigenvalue weighted by atomic mass is 16.1. The Kier molecular flexibility index (Phi) is 5.01. The van der Waals surface area contributed by atoms with Gasteiger partial charge in [-0.05, 0) is 48.2 Å². The SMILES string of the molecule is CCc1ccc(C(=O)Nc2ccn(CCc3ccncc3)n2)cc1. The van der Waals surface area contributed by atoms with Crippen molar-refractivity contribution in [1.29, 1.82) is 0 Å². The van der Waals surface area contributed by atoms with Crippen molar-refractivity contribution in [2.45, 2.75) is 26.3 Å². The van der Waals surface area contributed by atoms with Gasteiger partial charge in [0.15, 0.2) is 5.82 Å². The molecule has 3 rings (SSSR count). The van der Waals surface area contributed by atoms with Crippen molar-refractivity contribution in [3.05, 3.63) is 77.7 Å². The van der Waals surface area contributed by atoms with E-state index in [9.17, 15) is 4.79 Å². The van der Waals surface area contributed by atoms with Gasteiger partial charge in [0.25, 0.3) is 5.91 Å². The molecule has 2 aromatic heterocycles. The van der Waals surface area contributed by atoms with Crippen LogP contribution in [0.5, 0.6) is 0 Å². The number of pyridine rings is 1. The molecule has 0 saturated carbocycles. The van der Waals surface area contributed by atoms with Crippen LogP contribution in [0.3, 0.4) is 0 Å². The zero-order valence-electron chi connectivity index (χ0n) is 13.6. The van der Waals surface area contributed by atoms with E-state index in [1.54, 1.807) is 12.4 Å². The normalized spacial score (nSPS) is 10.5. The third kappa shape index (κ3) is 4.07. The fourth-order valence-electron chi connectivity index (χ4n) is 2.43. The van der Waals surface area contributed by atoms with E-state index in [0.717, 1.165) is 19.4 Å². The number of nitrogens with one attached hydrogen (secondary N) is 1. The Morgan fingerprint density at radius 2 is 1.79 bits per heavy atom. The van der Waals surface area contributed by atoms with Crippen molar-refractivity contribution in [1.82, 2.24) is 14.8 Å². The Morgan fingerprint density at radius 3 is 2.50 bits per heavy atom. The molecule has 5 nitrogen and oxygen atoms in total. The molecular formula is C19H20N4O. The largest absolute Gasteiger partial charge is 0.305 e. The van der Waals surface area contributed by atoms with Crippen LogP contribution in [0.2, 0.25) is 0 Å². The molecule has 2 heterocycles. The minimum absolute atomic E-state index is 0.142. The van der Waals surface area contributed by atoms with Crippen molar-refractivity contribution < 1.29 is 4.79 Å². The van der Waals surface area contributed by atoms with E-state index < -0.39 is 0 Å². The Labute approximate surface area is 141 Å². The van der Waals surface area contributed by atoms with Crippen LogP contribution in [0.25, 0.3) is 0 Å². The van der Waals surface area contributed by atoms with Crippen LogP contribution in [0, 0.1) is 0 Å². The lowest BCUT2D eigenvalue weighted by molar-refractivity contribution is 0.102. The van der Waals surface area contributed by atoms with Gasteiger partial charge in [0.2, 0.25) is 0 Å². The fraction of sp³-hybridized carbons (Fsp3) is 0.211. The average molecular weight is 320 g/mol. The van der Waals surface area contributed by atoms with Crippen LogP contribution in [0.15, 0.2) is 61.1 Å². The number of benzene rings is 1. The average Bonchev–Trinajstić information content (AvgIpc) is 3.08. The van der Waals surface area contributed by atoms with Crippen LogP contribution in [0.4, 0.5) is 5.82 Å². The van der Waals surface area contributed by atoms with Gasteiger partial charge in [0.05, 0.1) is 0 Å². The van der Waals surface area contributed by atoms with E-state index in [1.165, 1.54) is 11.1 Å². The molecule has 1 aromatic carbocycles. The molecule has 1 N–H and O–H groups in total. The molecule has 0 aliphatic rings. The molecule has 1 amide bonds. The lowest BCUT2D eigenvalue weighted by atomic mass is 10.1. The van der Waals surface area contributed by atoms with Crippen LogP contribution >= 0.6 is 0 Å². The smallest absolute Gasteiger partial charge is 0.256 e. The van der Waals surface area contributed by atoms with Gasteiger partial charge in [-0.3, -0.25) is 14.5 Å². The lowest BCUT2D eigenvalue weighted by Crippen LogP contribution is -2.13. The third-order valence-electron chi connectivity index (χ3n) is 3.89. The molecule has 0 spiro atoms. The molecule has 0 atom stereocenters. The summed E-state index contributed by atoms with van der Waals surface area (Å²) in [6.45, 7) is 2.85. The number of hydrogen-bond acceptors (Lipinski definition) is 3. The van der Waals surface area contributed by atoms with Gasteiger partial charge < -0.3 is 5.32 Å². The van der Waals surface area contributed by atoms with E-state index in [0.29, 0.717) is 11.4 Å². The van der Waals surface area contributed by atoms with Crippen molar-refractivity contribution >= 4 is 11.7 Å². The zero-order chi connectivity index (χ0) is 16.8. The standard InChI is InChI=1S/C19H20N4O/c1-2-15-3-5-17(6-4-15)19(24)21-18-10-14-23(22-18)13-9-16-7-11-20-12-8-16/h3-8,10-12,14H,2,9,13H2,1H3,(H,21,22,24). The van der Waals surface area contributed by atoms with Gasteiger partial charge in [-0.1, -0.05) is 19.1 Å². The topological polar surface area (TPSA) is 59.8 Å². The number of aromatic nitrogens is 3. The summed E-state index contributed by atoms with van der Waals surface area (Å²) in [5, 5.41) is 7.23. The second-order valence-electron chi connectivity index (χ2n) is 5.57. The van der Waals surface area contributed by atoms with Gasteiger partial charge in [0, 0.05) is 36.8 Å². The van der Waals surface area contributed by atoms with Crippen molar-refractivity contribution in [3.8, 4) is 0 Å². The first-order chi connectivity index (χ1) is 11.7. The van der Waals surface area contributed by atoms with Gasteiger partial charge in [-0.2, -0.15) is 5.10 Å². The third-order valence-corrected chi connectivity index (χ3v) is 3.89. The van der Waals surface area contributed by atoms with Crippen molar-refractivity contribution in [2.24, 2.45) is 0 Å². The second kappa shape index (κ2) is 7.55. The van der Waals surface area contributed by atoms with Gasteiger partial charge in [-0.25, -0.2) is 0 Å². The number of nitrogens with zero attached hydrogens (tertiary/aromatic N) is 3. The highest BCUT2D eigenvalue weighted by molar-refractivity contribution is 6.03. The van der Waals surface area contributed by atoms with Gasteiger partial charge >= 0.3 is 0 Å². The maximum Gasteiger partial charge on any atom is 0.256 e. The van der Waals surface area contributed by atoms with Gasteiger partial charge in [0.1, 0.15) is 0 Å². The Bertz CT molecular complexity index is 794. The number of amides is 1. The fourth-order valence-corrected chi connectivity index (χ4v) is 2.43. The maximum atomic E-state index is 12.2. The van der Waals surface area contributed by atoms with E-state index in [-0.39, 0.29) is 5.91 Å². The minimum atomic E-state index is -0.142. The number of carbonyl (C=O) groups is 1. The first-order valence-corrected chi connectivity index (χ1v) is 8.07. The van der Waals surface area contributed by atoms with E-state index in [1.807, 2.05) is 53.3 Å². The lowest BCUT2D eigenvalue weighted by Gasteiger charge is -2.04. The molecule has 0 aliphatic carbocycles. The highest BCUT2D eigenvalue weighted by Crippen LogP contribution is 2.09. The molecule has 5 heteroatoms. The Balaban J connectivity index is 1.57. The number of aryl methyl sites for hydroxylation is 3. The molecule has 3 aromatic rings. The molecule has 0 aliphatic heterocycles. The first kappa shape index (κ1) is 15.9. The number of anilines is 1. The summed E-state index contributed by atoms with van der Waals surface area (Å²) in [7, 11) is 0. The van der Waals surface area contributed by atoms with Crippen LogP contribution in [-0.2, 0) is 19.4 Å². The summed E-state index contributed by atoms with van der Waals surface area (Å²) >= 11 is 0. The number of rotatable bonds is 6. The summed E-state index contributed by atoms with van der Waals surface area (Å²) in [6.07, 6.45) is 7.28. The molecular weight excluding hydrogens is 300 g/mol. The molecule has 122 valence electrons. The van der Waals surface area contributed by atoms with Crippen LogP contribution in [-0.4, -0.2) is 20.7 Å². The zero-order valence-corrected chi connectivity index (χ0v) is 13.6. The molecule has 0 saturated heterocycles. The summed E-state index contributed by atoms with van der Waals surface area (Å²) in [5.41, 5.74) is 3.06. The quantitative estimate of drug-likeness (QED) is 0.758. The summed E-state index contributed by atoms with van der Waals surface area (Å²) < 4.78 is 1.83. The Morgan fingerprint density at radius 1 is 1.04 bits per heavy atom. The van der Waals surface area contributed by atoms with E-state index >= 15 is 0 Å². The minimum Gasteiger partial charge on any atom is -0.305 e. The first-order valence-electron chi connectivity index (χ1n) is 8.07. The highest BCUT2D eigenvalue weighted by Gasteiger charge is 2.08. The summed E-state index contributed by atoms with van der Waals surface area (Å²) in [6, 6.07) is 13.4. The van der Waals surface area contributed by atoms with Gasteiger partial charge in [-0.15, -0.1) is 0 Å². The van der Waals surface area contributed by atoms with E-state index in [4.69, 9.17) is 0 Å². The Hall–Kier alpha value is -2.95. The van der Waals surface area contributed by atoms with Crippen LogP contribution in [0.1, 0.15) is 28.4 Å². The number of carbonyl (C=O) groups excluding carboxylic acids is 1. The van der Waals surface area contributed by atoms with Crippen molar-refractivity contribution in [2.75, 3.05) is 5.32 Å². The monoisotopic (exact) mass is 320 g/mol. The molecule has 0 fully saturated rings. The predicted octanol–water partition coefficient (Wildman–Crippen LogP) is 3.34. The summed E-state index contributed by atoms with van der Waals surface area (Å²) in [5.74, 6) is 0.423. The molecule has 0 bridgehead atoms.